The molecule has 0 aliphatic rings. The van der Waals surface area contributed by atoms with Gasteiger partial charge in [-0.25, -0.2) is 14.8 Å². The SMILES string of the molecule is COC(=O)c1nc(NCCc2nccs2)sc1C. The van der Waals surface area contributed by atoms with Crippen molar-refractivity contribution in [1.82, 2.24) is 9.97 Å². The molecule has 0 saturated carbocycles. The Labute approximate surface area is 113 Å². The normalized spacial score (nSPS) is 10.3. The summed E-state index contributed by atoms with van der Waals surface area (Å²) in [5, 5.41) is 6.97. The molecule has 0 spiro atoms. The van der Waals surface area contributed by atoms with Crippen LogP contribution in [-0.4, -0.2) is 29.6 Å². The fourth-order valence-electron chi connectivity index (χ4n) is 1.41. The van der Waals surface area contributed by atoms with Crippen LogP contribution in [0.2, 0.25) is 0 Å². The van der Waals surface area contributed by atoms with Gasteiger partial charge in [-0.15, -0.1) is 22.7 Å². The number of carbonyl (C=O) groups excluding carboxylic acids is 1. The monoisotopic (exact) mass is 283 g/mol. The van der Waals surface area contributed by atoms with Gasteiger partial charge >= 0.3 is 5.97 Å². The number of carbonyl (C=O) groups is 1. The van der Waals surface area contributed by atoms with E-state index in [9.17, 15) is 4.79 Å². The molecule has 96 valence electrons. The van der Waals surface area contributed by atoms with E-state index in [4.69, 9.17) is 0 Å². The summed E-state index contributed by atoms with van der Waals surface area (Å²) >= 11 is 3.09. The summed E-state index contributed by atoms with van der Waals surface area (Å²) in [6, 6.07) is 0. The number of methoxy groups -OCH3 is 1. The molecule has 2 rings (SSSR count). The van der Waals surface area contributed by atoms with Gasteiger partial charge in [0.1, 0.15) is 0 Å². The number of anilines is 1. The van der Waals surface area contributed by atoms with Crippen LogP contribution < -0.4 is 5.32 Å². The second-order valence-corrected chi connectivity index (χ2v) is 5.70. The van der Waals surface area contributed by atoms with E-state index in [1.807, 2.05) is 12.3 Å². The summed E-state index contributed by atoms with van der Waals surface area (Å²) in [5.41, 5.74) is 0.388. The molecule has 0 amide bonds. The minimum Gasteiger partial charge on any atom is -0.464 e. The first-order valence-electron chi connectivity index (χ1n) is 5.38. The fraction of sp³-hybridized carbons (Fsp3) is 0.364. The molecule has 0 saturated heterocycles. The van der Waals surface area contributed by atoms with Crippen molar-refractivity contribution in [3.63, 3.8) is 0 Å². The number of ether oxygens (including phenoxy) is 1. The summed E-state index contributed by atoms with van der Waals surface area (Å²) in [7, 11) is 1.36. The third-order valence-electron chi connectivity index (χ3n) is 2.27. The molecule has 0 bridgehead atoms. The van der Waals surface area contributed by atoms with Crippen molar-refractivity contribution >= 4 is 33.8 Å². The Kier molecular flexibility index (Phi) is 4.27. The average Bonchev–Trinajstić information content (AvgIpc) is 2.98. The fourth-order valence-corrected chi connectivity index (χ4v) is 2.86. The predicted molar refractivity (Wildman–Crippen MR) is 72.5 cm³/mol. The quantitative estimate of drug-likeness (QED) is 0.853. The van der Waals surface area contributed by atoms with E-state index >= 15 is 0 Å². The molecule has 18 heavy (non-hydrogen) atoms. The maximum absolute atomic E-state index is 11.4. The number of nitrogens with one attached hydrogen (secondary N) is 1. The summed E-state index contributed by atoms with van der Waals surface area (Å²) < 4.78 is 4.66. The molecule has 2 aromatic rings. The number of rotatable bonds is 5. The van der Waals surface area contributed by atoms with Crippen molar-refractivity contribution < 1.29 is 9.53 Å². The Hall–Kier alpha value is -1.47. The van der Waals surface area contributed by atoms with Crippen molar-refractivity contribution in [2.75, 3.05) is 19.0 Å². The van der Waals surface area contributed by atoms with Crippen molar-refractivity contribution in [2.45, 2.75) is 13.3 Å². The Morgan fingerprint density at radius 3 is 3.06 bits per heavy atom. The molecule has 0 fully saturated rings. The number of nitrogens with zero attached hydrogens (tertiary/aromatic N) is 2. The van der Waals surface area contributed by atoms with Crippen LogP contribution in [0.3, 0.4) is 0 Å². The lowest BCUT2D eigenvalue weighted by Crippen LogP contribution is -2.06. The van der Waals surface area contributed by atoms with Crippen LogP contribution in [0.5, 0.6) is 0 Å². The van der Waals surface area contributed by atoms with Gasteiger partial charge in [-0.1, -0.05) is 0 Å². The van der Waals surface area contributed by atoms with Crippen LogP contribution in [0.15, 0.2) is 11.6 Å². The highest BCUT2D eigenvalue weighted by Crippen LogP contribution is 2.22. The maximum atomic E-state index is 11.4. The molecule has 0 aliphatic carbocycles. The van der Waals surface area contributed by atoms with Crippen molar-refractivity contribution in [3.05, 3.63) is 27.2 Å². The third-order valence-corrected chi connectivity index (χ3v) is 4.04. The van der Waals surface area contributed by atoms with Gasteiger partial charge in [0.25, 0.3) is 0 Å². The van der Waals surface area contributed by atoms with Gasteiger partial charge in [0.15, 0.2) is 10.8 Å². The smallest absolute Gasteiger partial charge is 0.357 e. The first-order valence-corrected chi connectivity index (χ1v) is 7.08. The third kappa shape index (κ3) is 3.05. The molecule has 2 heterocycles. The molecule has 0 atom stereocenters. The minimum atomic E-state index is -0.392. The summed E-state index contributed by atoms with van der Waals surface area (Å²) in [5.74, 6) is -0.392. The molecule has 2 aromatic heterocycles. The van der Waals surface area contributed by atoms with Gasteiger partial charge in [0.2, 0.25) is 0 Å². The zero-order chi connectivity index (χ0) is 13.0. The van der Waals surface area contributed by atoms with Gasteiger partial charge < -0.3 is 10.1 Å². The van der Waals surface area contributed by atoms with Crippen LogP contribution in [0, 0.1) is 6.92 Å². The molecular weight excluding hydrogens is 270 g/mol. The number of hydrogen-bond acceptors (Lipinski definition) is 7. The topological polar surface area (TPSA) is 64.1 Å². The Balaban J connectivity index is 1.92. The number of esters is 1. The van der Waals surface area contributed by atoms with Crippen LogP contribution in [-0.2, 0) is 11.2 Å². The van der Waals surface area contributed by atoms with E-state index in [-0.39, 0.29) is 0 Å². The van der Waals surface area contributed by atoms with E-state index in [1.54, 1.807) is 17.5 Å². The summed E-state index contributed by atoms with van der Waals surface area (Å²) in [6.07, 6.45) is 2.65. The highest BCUT2D eigenvalue weighted by molar-refractivity contribution is 7.15. The summed E-state index contributed by atoms with van der Waals surface area (Å²) in [4.78, 5) is 20.7. The Morgan fingerprint density at radius 1 is 1.56 bits per heavy atom. The minimum absolute atomic E-state index is 0.388. The zero-order valence-corrected chi connectivity index (χ0v) is 11.7. The second-order valence-electron chi connectivity index (χ2n) is 3.52. The summed E-state index contributed by atoms with van der Waals surface area (Å²) in [6.45, 7) is 2.61. The standard InChI is InChI=1S/C11H13N3O2S2/c1-7-9(10(15)16-2)14-11(18-7)13-4-3-8-12-5-6-17-8/h5-6H,3-4H2,1-2H3,(H,13,14). The Bertz CT molecular complexity index is 522. The van der Waals surface area contributed by atoms with Crippen molar-refractivity contribution in [3.8, 4) is 0 Å². The molecule has 7 heteroatoms. The first-order chi connectivity index (χ1) is 8.70. The van der Waals surface area contributed by atoms with Gasteiger partial charge in [-0.3, -0.25) is 0 Å². The highest BCUT2D eigenvalue weighted by Gasteiger charge is 2.15. The number of aromatic nitrogens is 2. The van der Waals surface area contributed by atoms with E-state index in [0.29, 0.717) is 5.69 Å². The van der Waals surface area contributed by atoms with Crippen LogP contribution in [0.4, 0.5) is 5.13 Å². The van der Waals surface area contributed by atoms with E-state index in [2.05, 4.69) is 20.0 Å². The van der Waals surface area contributed by atoms with Crippen LogP contribution in [0.1, 0.15) is 20.4 Å². The van der Waals surface area contributed by atoms with Crippen molar-refractivity contribution in [1.29, 1.82) is 0 Å². The second kappa shape index (κ2) is 5.92. The van der Waals surface area contributed by atoms with E-state index in [0.717, 1.165) is 28.0 Å². The predicted octanol–water partition coefficient (Wildman–Crippen LogP) is 2.35. The molecule has 5 nitrogen and oxygen atoms in total. The molecule has 1 N–H and O–H groups in total. The number of aryl methyl sites for hydroxylation is 1. The lowest BCUT2D eigenvalue weighted by molar-refractivity contribution is 0.0594. The number of thiazole rings is 2. The van der Waals surface area contributed by atoms with Gasteiger partial charge in [0, 0.05) is 29.4 Å². The largest absolute Gasteiger partial charge is 0.464 e. The first kappa shape index (κ1) is 13.0. The lowest BCUT2D eigenvalue weighted by atomic mass is 10.4. The molecule has 0 aromatic carbocycles. The zero-order valence-electron chi connectivity index (χ0n) is 10.1. The van der Waals surface area contributed by atoms with Crippen molar-refractivity contribution in [2.24, 2.45) is 0 Å². The Morgan fingerprint density at radius 2 is 2.39 bits per heavy atom. The molecule has 0 aliphatic heterocycles. The molecule has 0 radical (unpaired) electrons. The van der Waals surface area contributed by atoms with E-state index < -0.39 is 5.97 Å². The van der Waals surface area contributed by atoms with Gasteiger partial charge in [-0.2, -0.15) is 0 Å². The molecular formula is C11H13N3O2S2. The van der Waals surface area contributed by atoms with Gasteiger partial charge in [-0.05, 0) is 6.92 Å². The van der Waals surface area contributed by atoms with Crippen LogP contribution in [0.25, 0.3) is 0 Å². The average molecular weight is 283 g/mol. The number of hydrogen-bond donors (Lipinski definition) is 1. The highest BCUT2D eigenvalue weighted by atomic mass is 32.1. The maximum Gasteiger partial charge on any atom is 0.357 e. The lowest BCUT2D eigenvalue weighted by Gasteiger charge is -1.99. The molecule has 0 unspecified atom stereocenters. The van der Waals surface area contributed by atoms with Gasteiger partial charge in [0.05, 0.1) is 12.1 Å². The van der Waals surface area contributed by atoms with Crippen LogP contribution >= 0.6 is 22.7 Å². The van der Waals surface area contributed by atoms with E-state index in [1.165, 1.54) is 18.4 Å².